The molecule has 0 aliphatic carbocycles. The van der Waals surface area contributed by atoms with E-state index in [2.05, 4.69) is 12.2 Å². The summed E-state index contributed by atoms with van der Waals surface area (Å²) in [6.45, 7) is 4.30. The van der Waals surface area contributed by atoms with E-state index in [0.717, 1.165) is 25.8 Å². The highest BCUT2D eigenvalue weighted by atomic mass is 16.3. The van der Waals surface area contributed by atoms with Crippen molar-refractivity contribution < 1.29 is 9.90 Å². The summed E-state index contributed by atoms with van der Waals surface area (Å²) in [5, 5.41) is 12.7. The third-order valence-corrected chi connectivity index (χ3v) is 3.51. The molecule has 0 saturated carbocycles. The molecule has 1 amide bonds. The Labute approximate surface area is 90.6 Å². The fourth-order valence-corrected chi connectivity index (χ4v) is 2.52. The van der Waals surface area contributed by atoms with Gasteiger partial charge in [-0.1, -0.05) is 6.92 Å². The maximum Gasteiger partial charge on any atom is 0.240 e. The average Bonchev–Trinajstić information content (AvgIpc) is 2.65. The molecule has 4 heteroatoms. The van der Waals surface area contributed by atoms with E-state index in [9.17, 15) is 9.90 Å². The number of amides is 1. The minimum atomic E-state index is -0.312. The summed E-state index contributed by atoms with van der Waals surface area (Å²) >= 11 is 0. The van der Waals surface area contributed by atoms with E-state index < -0.39 is 0 Å². The van der Waals surface area contributed by atoms with Gasteiger partial charge >= 0.3 is 0 Å². The largest absolute Gasteiger partial charge is 0.391 e. The molecule has 2 saturated heterocycles. The van der Waals surface area contributed by atoms with Crippen LogP contribution in [0.5, 0.6) is 0 Å². The van der Waals surface area contributed by atoms with E-state index in [1.165, 1.54) is 0 Å². The second-order valence-electron chi connectivity index (χ2n) is 4.78. The van der Waals surface area contributed by atoms with E-state index in [1.807, 2.05) is 0 Å². The number of carbonyl (C=O) groups excluding carboxylic acids is 1. The summed E-state index contributed by atoms with van der Waals surface area (Å²) < 4.78 is 0. The number of hydrogen-bond donors (Lipinski definition) is 2. The number of nitrogens with zero attached hydrogens (tertiary/aromatic N) is 1. The number of aliphatic hydroxyl groups excluding tert-OH is 1. The Morgan fingerprint density at radius 2 is 2.27 bits per heavy atom. The lowest BCUT2D eigenvalue weighted by Gasteiger charge is -2.32. The van der Waals surface area contributed by atoms with Crippen molar-refractivity contribution in [2.75, 3.05) is 19.6 Å². The Bertz CT molecular complexity index is 245. The highest BCUT2D eigenvalue weighted by molar-refractivity contribution is 5.82. The molecule has 2 fully saturated rings. The lowest BCUT2D eigenvalue weighted by Crippen LogP contribution is -2.51. The third-order valence-electron chi connectivity index (χ3n) is 3.51. The molecule has 3 atom stereocenters. The van der Waals surface area contributed by atoms with Gasteiger partial charge in [0.2, 0.25) is 5.91 Å². The van der Waals surface area contributed by atoms with Gasteiger partial charge in [-0.15, -0.1) is 0 Å². The molecule has 2 unspecified atom stereocenters. The summed E-state index contributed by atoms with van der Waals surface area (Å²) in [5.74, 6) is 0.600. The monoisotopic (exact) mass is 212 g/mol. The number of hydrogen-bond acceptors (Lipinski definition) is 3. The number of nitrogens with one attached hydrogen (secondary N) is 1. The van der Waals surface area contributed by atoms with Crippen LogP contribution in [0.25, 0.3) is 0 Å². The van der Waals surface area contributed by atoms with Crippen LogP contribution in [0.4, 0.5) is 0 Å². The van der Waals surface area contributed by atoms with Crippen LogP contribution in [0.15, 0.2) is 0 Å². The van der Waals surface area contributed by atoms with Crippen molar-refractivity contribution in [1.82, 2.24) is 10.2 Å². The molecule has 0 aromatic rings. The van der Waals surface area contributed by atoms with Gasteiger partial charge in [-0.3, -0.25) is 4.79 Å². The first-order valence-electron chi connectivity index (χ1n) is 5.88. The Morgan fingerprint density at radius 1 is 1.47 bits per heavy atom. The molecule has 2 aliphatic heterocycles. The van der Waals surface area contributed by atoms with Crippen LogP contribution in [0.2, 0.25) is 0 Å². The van der Waals surface area contributed by atoms with Gasteiger partial charge in [0.25, 0.3) is 0 Å². The van der Waals surface area contributed by atoms with Crippen molar-refractivity contribution in [2.24, 2.45) is 5.92 Å². The Hall–Kier alpha value is -0.610. The van der Waals surface area contributed by atoms with Gasteiger partial charge in [0, 0.05) is 13.1 Å². The number of likely N-dealkylation sites (tertiary alicyclic amines) is 1. The van der Waals surface area contributed by atoms with Gasteiger partial charge in [-0.05, 0) is 31.7 Å². The van der Waals surface area contributed by atoms with Gasteiger partial charge in [-0.25, -0.2) is 0 Å². The van der Waals surface area contributed by atoms with Crippen molar-refractivity contribution >= 4 is 5.91 Å². The fraction of sp³-hybridized carbons (Fsp3) is 0.909. The van der Waals surface area contributed by atoms with Crippen molar-refractivity contribution in [3.63, 3.8) is 0 Å². The molecule has 2 N–H and O–H groups in total. The zero-order valence-electron chi connectivity index (χ0n) is 9.28. The van der Waals surface area contributed by atoms with Gasteiger partial charge in [0.05, 0.1) is 12.1 Å². The molecule has 0 aromatic heterocycles. The molecule has 0 radical (unpaired) electrons. The molecular weight excluding hydrogens is 192 g/mol. The Morgan fingerprint density at radius 3 is 2.87 bits per heavy atom. The van der Waals surface area contributed by atoms with E-state index in [-0.39, 0.29) is 18.1 Å². The second kappa shape index (κ2) is 4.49. The number of β-amino-alcohol motifs (C(OH)–C–C–N with tert-alkyl or cyclic N) is 1. The normalized spacial score (nSPS) is 36.9. The van der Waals surface area contributed by atoms with Crippen LogP contribution < -0.4 is 5.32 Å². The predicted octanol–water partition coefficient (Wildman–Crippen LogP) is -0.0323. The number of piperidine rings is 1. The van der Waals surface area contributed by atoms with E-state index in [1.54, 1.807) is 4.90 Å². The third kappa shape index (κ3) is 2.32. The standard InChI is InChI=1S/C11H20N2O2/c1-8-3-2-5-12-10(8)11(15)13-6-4-9(14)7-13/h8-10,12,14H,2-7H2,1H3/t8?,9-,10?/m1/s1. The average molecular weight is 212 g/mol. The van der Waals surface area contributed by atoms with Gasteiger partial charge in [0.15, 0.2) is 0 Å². The highest BCUT2D eigenvalue weighted by Gasteiger charge is 2.33. The maximum atomic E-state index is 12.1. The molecule has 15 heavy (non-hydrogen) atoms. The van der Waals surface area contributed by atoms with E-state index >= 15 is 0 Å². The Kier molecular flexibility index (Phi) is 3.26. The summed E-state index contributed by atoms with van der Waals surface area (Å²) in [4.78, 5) is 13.9. The van der Waals surface area contributed by atoms with Crippen molar-refractivity contribution in [3.05, 3.63) is 0 Å². The molecular formula is C11H20N2O2. The first-order valence-corrected chi connectivity index (χ1v) is 5.88. The van der Waals surface area contributed by atoms with Crippen molar-refractivity contribution in [1.29, 1.82) is 0 Å². The molecule has 0 spiro atoms. The minimum Gasteiger partial charge on any atom is -0.391 e. The topological polar surface area (TPSA) is 52.6 Å². The summed E-state index contributed by atoms with van der Waals surface area (Å²) in [7, 11) is 0. The molecule has 2 rings (SSSR count). The van der Waals surface area contributed by atoms with Crippen LogP contribution in [-0.4, -0.2) is 47.7 Å². The van der Waals surface area contributed by atoms with Crippen LogP contribution in [-0.2, 0) is 4.79 Å². The first-order chi connectivity index (χ1) is 7.18. The zero-order chi connectivity index (χ0) is 10.8. The lowest BCUT2D eigenvalue weighted by molar-refractivity contribution is -0.134. The fourth-order valence-electron chi connectivity index (χ4n) is 2.52. The molecule has 0 aromatic carbocycles. The summed E-state index contributed by atoms with van der Waals surface area (Å²) in [6, 6.07) is -0.0240. The predicted molar refractivity (Wildman–Crippen MR) is 57.4 cm³/mol. The highest BCUT2D eigenvalue weighted by Crippen LogP contribution is 2.19. The lowest BCUT2D eigenvalue weighted by atomic mass is 9.92. The number of rotatable bonds is 1. The molecule has 4 nitrogen and oxygen atoms in total. The van der Waals surface area contributed by atoms with Crippen molar-refractivity contribution in [3.8, 4) is 0 Å². The Balaban J connectivity index is 1.94. The van der Waals surface area contributed by atoms with Gasteiger partial charge in [0.1, 0.15) is 0 Å². The smallest absolute Gasteiger partial charge is 0.240 e. The van der Waals surface area contributed by atoms with Crippen molar-refractivity contribution in [2.45, 2.75) is 38.3 Å². The summed E-state index contributed by atoms with van der Waals surface area (Å²) in [5.41, 5.74) is 0. The van der Waals surface area contributed by atoms with Gasteiger partial charge in [-0.2, -0.15) is 0 Å². The number of aliphatic hydroxyl groups is 1. The first kappa shape index (κ1) is 10.9. The molecule has 0 bridgehead atoms. The summed E-state index contributed by atoms with van der Waals surface area (Å²) in [6.07, 6.45) is 2.70. The maximum absolute atomic E-state index is 12.1. The van der Waals surface area contributed by atoms with Gasteiger partial charge < -0.3 is 15.3 Å². The minimum absolute atomic E-state index is 0.0240. The molecule has 2 heterocycles. The van der Waals surface area contributed by atoms with E-state index in [4.69, 9.17) is 0 Å². The zero-order valence-corrected chi connectivity index (χ0v) is 9.28. The SMILES string of the molecule is CC1CCCNC1C(=O)N1CC[C@@H](O)C1. The van der Waals surface area contributed by atoms with Crippen LogP contribution in [0, 0.1) is 5.92 Å². The van der Waals surface area contributed by atoms with E-state index in [0.29, 0.717) is 19.0 Å². The van der Waals surface area contributed by atoms with Crippen LogP contribution >= 0.6 is 0 Å². The molecule has 2 aliphatic rings. The van der Waals surface area contributed by atoms with Crippen LogP contribution in [0.3, 0.4) is 0 Å². The number of carbonyl (C=O) groups is 1. The molecule has 86 valence electrons. The quantitative estimate of drug-likeness (QED) is 0.641. The second-order valence-corrected chi connectivity index (χ2v) is 4.78. The van der Waals surface area contributed by atoms with Crippen LogP contribution in [0.1, 0.15) is 26.2 Å².